The van der Waals surface area contributed by atoms with Crippen LogP contribution in [0.5, 0.6) is 5.75 Å². The van der Waals surface area contributed by atoms with E-state index in [1.807, 2.05) is 4.90 Å². The van der Waals surface area contributed by atoms with Crippen molar-refractivity contribution in [2.75, 3.05) is 6.54 Å². The van der Waals surface area contributed by atoms with Gasteiger partial charge in [0.2, 0.25) is 0 Å². The van der Waals surface area contributed by atoms with Crippen molar-refractivity contribution in [3.8, 4) is 5.75 Å². The summed E-state index contributed by atoms with van der Waals surface area (Å²) in [6.07, 6.45) is 3.19. The summed E-state index contributed by atoms with van der Waals surface area (Å²) in [7, 11) is 0. The number of carbonyl (C=O) groups is 1. The lowest BCUT2D eigenvalue weighted by Crippen LogP contribution is -2.41. The molecule has 25 heavy (non-hydrogen) atoms. The molecule has 0 N–H and O–H groups in total. The molecule has 0 spiro atoms. The standard InChI is InChI=1S/C18H20N2O5/c1-13-4-2-3-11-19(13)18(21)17-10-9-16(25-17)12-24-15-7-5-14(6-8-15)20(22)23/h5-10,13H,2-4,11-12H2,1H3/t13-/m0/s1. The molecule has 7 heteroatoms. The molecule has 7 nitrogen and oxygen atoms in total. The number of rotatable bonds is 5. The Balaban J connectivity index is 1.59. The van der Waals surface area contributed by atoms with Gasteiger partial charge in [0.25, 0.3) is 11.6 Å². The molecule has 0 unspecified atom stereocenters. The van der Waals surface area contributed by atoms with Crippen LogP contribution in [0, 0.1) is 10.1 Å². The molecule has 1 atom stereocenters. The van der Waals surface area contributed by atoms with E-state index in [1.54, 1.807) is 12.1 Å². The first-order valence-corrected chi connectivity index (χ1v) is 8.31. The largest absolute Gasteiger partial charge is 0.486 e. The van der Waals surface area contributed by atoms with Gasteiger partial charge in [-0.2, -0.15) is 0 Å². The molecule has 1 amide bonds. The third-order valence-electron chi connectivity index (χ3n) is 4.36. The normalized spacial score (nSPS) is 17.3. The molecule has 132 valence electrons. The maximum absolute atomic E-state index is 12.5. The number of furan rings is 1. The summed E-state index contributed by atoms with van der Waals surface area (Å²) >= 11 is 0. The number of amides is 1. The van der Waals surface area contributed by atoms with Crippen molar-refractivity contribution in [3.05, 3.63) is 58.0 Å². The Kier molecular flexibility index (Phi) is 5.02. The van der Waals surface area contributed by atoms with Gasteiger partial charge in [0.05, 0.1) is 4.92 Å². The lowest BCUT2D eigenvalue weighted by Gasteiger charge is -2.32. The highest BCUT2D eigenvalue weighted by Crippen LogP contribution is 2.22. The molecule has 1 aromatic heterocycles. The van der Waals surface area contributed by atoms with E-state index in [4.69, 9.17) is 9.15 Å². The highest BCUT2D eigenvalue weighted by molar-refractivity contribution is 5.91. The molecule has 1 saturated heterocycles. The number of carbonyl (C=O) groups excluding carboxylic acids is 1. The van der Waals surface area contributed by atoms with Gasteiger partial charge in [-0.1, -0.05) is 0 Å². The van der Waals surface area contributed by atoms with Gasteiger partial charge in [-0.3, -0.25) is 14.9 Å². The first kappa shape index (κ1) is 17.0. The van der Waals surface area contributed by atoms with Gasteiger partial charge in [0, 0.05) is 24.7 Å². The highest BCUT2D eigenvalue weighted by Gasteiger charge is 2.26. The molecule has 3 rings (SSSR count). The summed E-state index contributed by atoms with van der Waals surface area (Å²) in [5.41, 5.74) is 0.00822. The van der Waals surface area contributed by atoms with E-state index in [2.05, 4.69) is 6.92 Å². The number of non-ortho nitro benzene ring substituents is 1. The first-order chi connectivity index (χ1) is 12.0. The fraction of sp³-hybridized carbons (Fsp3) is 0.389. The molecule has 0 saturated carbocycles. The lowest BCUT2D eigenvalue weighted by molar-refractivity contribution is -0.384. The Morgan fingerprint density at radius 1 is 1.28 bits per heavy atom. The molecule has 2 heterocycles. The minimum Gasteiger partial charge on any atom is -0.486 e. The Hall–Kier alpha value is -2.83. The van der Waals surface area contributed by atoms with Crippen LogP contribution in [-0.4, -0.2) is 28.3 Å². The minimum absolute atomic E-state index is 0.00822. The number of hydrogen-bond donors (Lipinski definition) is 0. The van der Waals surface area contributed by atoms with Crippen LogP contribution in [0.2, 0.25) is 0 Å². The van der Waals surface area contributed by atoms with E-state index in [1.165, 1.54) is 24.3 Å². The van der Waals surface area contributed by atoms with E-state index in [-0.39, 0.29) is 24.2 Å². The van der Waals surface area contributed by atoms with Crippen LogP contribution < -0.4 is 4.74 Å². The number of nitrogens with zero attached hydrogens (tertiary/aromatic N) is 2. The molecular formula is C18H20N2O5. The quantitative estimate of drug-likeness (QED) is 0.608. The summed E-state index contributed by atoms with van der Waals surface area (Å²) in [5.74, 6) is 1.26. The Bertz CT molecular complexity index is 753. The Morgan fingerprint density at radius 3 is 2.72 bits per heavy atom. The van der Waals surface area contributed by atoms with Crippen LogP contribution in [0.3, 0.4) is 0 Å². The van der Waals surface area contributed by atoms with Gasteiger partial charge < -0.3 is 14.1 Å². The zero-order chi connectivity index (χ0) is 17.8. The van der Waals surface area contributed by atoms with Crippen molar-refractivity contribution in [3.63, 3.8) is 0 Å². The van der Waals surface area contributed by atoms with E-state index < -0.39 is 4.92 Å². The number of nitro benzene ring substituents is 1. The smallest absolute Gasteiger partial charge is 0.289 e. The van der Waals surface area contributed by atoms with Crippen molar-refractivity contribution in [2.24, 2.45) is 0 Å². The maximum atomic E-state index is 12.5. The predicted octanol–water partition coefficient (Wildman–Crippen LogP) is 3.78. The van der Waals surface area contributed by atoms with Crippen molar-refractivity contribution >= 4 is 11.6 Å². The van der Waals surface area contributed by atoms with Crippen LogP contribution in [0.4, 0.5) is 5.69 Å². The van der Waals surface area contributed by atoms with Crippen LogP contribution >= 0.6 is 0 Å². The fourth-order valence-electron chi connectivity index (χ4n) is 2.93. The molecule has 2 aromatic rings. The lowest BCUT2D eigenvalue weighted by atomic mass is 10.0. The third kappa shape index (κ3) is 3.99. The van der Waals surface area contributed by atoms with E-state index >= 15 is 0 Å². The number of ether oxygens (including phenoxy) is 1. The van der Waals surface area contributed by atoms with Crippen molar-refractivity contribution < 1.29 is 18.9 Å². The molecule has 0 bridgehead atoms. The average Bonchev–Trinajstić information content (AvgIpc) is 3.09. The monoisotopic (exact) mass is 344 g/mol. The second kappa shape index (κ2) is 7.38. The van der Waals surface area contributed by atoms with Crippen LogP contribution in [0.1, 0.15) is 42.5 Å². The van der Waals surface area contributed by atoms with Crippen molar-refractivity contribution in [2.45, 2.75) is 38.8 Å². The SMILES string of the molecule is C[C@H]1CCCCN1C(=O)c1ccc(COc2ccc([N+](=O)[O-])cc2)o1. The summed E-state index contributed by atoms with van der Waals surface area (Å²) in [6, 6.07) is 9.43. The van der Waals surface area contributed by atoms with Gasteiger partial charge >= 0.3 is 0 Å². The zero-order valence-corrected chi connectivity index (χ0v) is 14.0. The van der Waals surface area contributed by atoms with Gasteiger partial charge in [-0.15, -0.1) is 0 Å². The molecule has 1 aromatic carbocycles. The first-order valence-electron chi connectivity index (χ1n) is 8.31. The van der Waals surface area contributed by atoms with Crippen LogP contribution in [-0.2, 0) is 6.61 Å². The van der Waals surface area contributed by atoms with Gasteiger partial charge in [-0.05, 0) is 50.5 Å². The number of benzene rings is 1. The number of hydrogen-bond acceptors (Lipinski definition) is 5. The summed E-state index contributed by atoms with van der Waals surface area (Å²) in [4.78, 5) is 24.5. The Labute approximate surface area is 145 Å². The van der Waals surface area contributed by atoms with E-state index in [0.29, 0.717) is 17.3 Å². The maximum Gasteiger partial charge on any atom is 0.289 e. The Morgan fingerprint density at radius 2 is 2.04 bits per heavy atom. The second-order valence-corrected chi connectivity index (χ2v) is 6.15. The van der Waals surface area contributed by atoms with Gasteiger partial charge in [0.1, 0.15) is 18.1 Å². The highest BCUT2D eigenvalue weighted by atomic mass is 16.6. The van der Waals surface area contributed by atoms with Gasteiger partial charge in [0.15, 0.2) is 5.76 Å². The topological polar surface area (TPSA) is 85.8 Å². The molecule has 1 aliphatic heterocycles. The zero-order valence-electron chi connectivity index (χ0n) is 14.0. The molecule has 0 aliphatic carbocycles. The molecule has 0 radical (unpaired) electrons. The number of likely N-dealkylation sites (tertiary alicyclic amines) is 1. The number of piperidine rings is 1. The van der Waals surface area contributed by atoms with Gasteiger partial charge in [-0.25, -0.2) is 0 Å². The van der Waals surface area contributed by atoms with Crippen LogP contribution in [0.15, 0.2) is 40.8 Å². The summed E-state index contributed by atoms with van der Waals surface area (Å²) < 4.78 is 11.2. The van der Waals surface area contributed by atoms with E-state index in [9.17, 15) is 14.9 Å². The molecule has 1 fully saturated rings. The number of nitro groups is 1. The van der Waals surface area contributed by atoms with E-state index in [0.717, 1.165) is 25.8 Å². The van der Waals surface area contributed by atoms with Crippen molar-refractivity contribution in [1.29, 1.82) is 0 Å². The predicted molar refractivity (Wildman–Crippen MR) is 90.5 cm³/mol. The molecular weight excluding hydrogens is 324 g/mol. The molecule has 1 aliphatic rings. The fourth-order valence-corrected chi connectivity index (χ4v) is 2.93. The second-order valence-electron chi connectivity index (χ2n) is 6.15. The van der Waals surface area contributed by atoms with Crippen molar-refractivity contribution in [1.82, 2.24) is 4.90 Å². The minimum atomic E-state index is -0.463. The summed E-state index contributed by atoms with van der Waals surface area (Å²) in [6.45, 7) is 2.97. The average molecular weight is 344 g/mol. The third-order valence-corrected chi connectivity index (χ3v) is 4.36. The van der Waals surface area contributed by atoms with Crippen LogP contribution in [0.25, 0.3) is 0 Å². The summed E-state index contributed by atoms with van der Waals surface area (Å²) in [5, 5.41) is 10.6.